The van der Waals surface area contributed by atoms with Gasteiger partial charge in [0.1, 0.15) is 0 Å². The van der Waals surface area contributed by atoms with Gasteiger partial charge in [-0.2, -0.15) is 0 Å². The molecule has 1 amide bonds. The Hall–Kier alpha value is -2.57. The van der Waals surface area contributed by atoms with Crippen molar-refractivity contribution in [3.8, 4) is 11.8 Å². The lowest BCUT2D eigenvalue weighted by Crippen LogP contribution is -2.47. The molecule has 0 radical (unpaired) electrons. The van der Waals surface area contributed by atoms with Crippen molar-refractivity contribution in [1.82, 2.24) is 9.80 Å². The molecule has 0 atom stereocenters. The molecule has 1 heterocycles. The standard InChI is InChI=1S/C35H50N2O/c1-7-8-9-11-29-14-16-32(17-15-29)34(38)37(33-20-24-36(25-21-33)23-19-28(2)3)27-31-13-10-12-30(26-31)18-22-35(4,5)6/h10,12-17,26,28,33H,7-9,11,19-21,23-25,27H2,1-6H3. The molecule has 38 heavy (non-hydrogen) atoms. The molecule has 0 spiro atoms. The summed E-state index contributed by atoms with van der Waals surface area (Å²) in [5.41, 5.74) is 4.26. The van der Waals surface area contributed by atoms with E-state index < -0.39 is 0 Å². The molecule has 0 bridgehead atoms. The molecule has 3 nitrogen and oxygen atoms in total. The van der Waals surface area contributed by atoms with Gasteiger partial charge in [-0.25, -0.2) is 0 Å². The van der Waals surface area contributed by atoms with Crippen LogP contribution in [0.25, 0.3) is 0 Å². The molecule has 0 N–H and O–H groups in total. The number of piperidine rings is 1. The van der Waals surface area contributed by atoms with Gasteiger partial charge < -0.3 is 9.80 Å². The Kier molecular flexibility index (Phi) is 11.5. The maximum Gasteiger partial charge on any atom is 0.254 e. The second kappa shape index (κ2) is 14.5. The lowest BCUT2D eigenvalue weighted by molar-refractivity contribution is 0.0546. The Bertz CT molecular complexity index is 1060. The average molecular weight is 515 g/mol. The molecule has 2 aromatic carbocycles. The normalized spacial score (nSPS) is 14.8. The number of hydrogen-bond donors (Lipinski definition) is 0. The predicted octanol–water partition coefficient (Wildman–Crippen LogP) is 7.97. The zero-order valence-corrected chi connectivity index (χ0v) is 24.9. The van der Waals surface area contributed by atoms with Crippen LogP contribution in [-0.4, -0.2) is 41.4 Å². The van der Waals surface area contributed by atoms with Crippen molar-refractivity contribution in [1.29, 1.82) is 0 Å². The molecule has 1 fully saturated rings. The van der Waals surface area contributed by atoms with Gasteiger partial charge in [-0.3, -0.25) is 4.79 Å². The van der Waals surface area contributed by atoms with Gasteiger partial charge in [0.05, 0.1) is 0 Å². The molecule has 1 aliphatic rings. The maximum atomic E-state index is 13.9. The van der Waals surface area contributed by atoms with Gasteiger partial charge in [-0.15, -0.1) is 0 Å². The minimum Gasteiger partial charge on any atom is -0.331 e. The summed E-state index contributed by atoms with van der Waals surface area (Å²) in [5.74, 6) is 7.55. The smallest absolute Gasteiger partial charge is 0.254 e. The molecule has 3 rings (SSSR count). The third-order valence-corrected chi connectivity index (χ3v) is 7.41. The van der Waals surface area contributed by atoms with Crippen molar-refractivity contribution >= 4 is 5.91 Å². The number of rotatable bonds is 11. The monoisotopic (exact) mass is 514 g/mol. The van der Waals surface area contributed by atoms with Gasteiger partial charge in [0.2, 0.25) is 0 Å². The van der Waals surface area contributed by atoms with Crippen LogP contribution in [0, 0.1) is 23.2 Å². The number of nitrogens with zero attached hydrogens (tertiary/aromatic N) is 2. The zero-order chi connectivity index (χ0) is 27.5. The van der Waals surface area contributed by atoms with E-state index >= 15 is 0 Å². The molecule has 1 saturated heterocycles. The highest BCUT2D eigenvalue weighted by Gasteiger charge is 2.29. The van der Waals surface area contributed by atoms with Crippen molar-refractivity contribution in [2.24, 2.45) is 11.3 Å². The van der Waals surface area contributed by atoms with Crippen LogP contribution in [0.2, 0.25) is 0 Å². The highest BCUT2D eigenvalue weighted by Crippen LogP contribution is 2.23. The van der Waals surface area contributed by atoms with E-state index in [1.165, 1.54) is 31.2 Å². The maximum absolute atomic E-state index is 13.9. The van der Waals surface area contributed by atoms with Crippen LogP contribution in [0.1, 0.15) is 107 Å². The van der Waals surface area contributed by atoms with Gasteiger partial charge in [-0.1, -0.05) is 69.7 Å². The highest BCUT2D eigenvalue weighted by molar-refractivity contribution is 5.94. The fraction of sp³-hybridized carbons (Fsp3) is 0.571. The molecule has 206 valence electrons. The molecular weight excluding hydrogens is 464 g/mol. The van der Waals surface area contributed by atoms with Gasteiger partial charge in [0, 0.05) is 42.2 Å². The van der Waals surface area contributed by atoms with Crippen molar-refractivity contribution in [2.75, 3.05) is 19.6 Å². The van der Waals surface area contributed by atoms with Gasteiger partial charge in [0.15, 0.2) is 0 Å². The van der Waals surface area contributed by atoms with E-state index in [-0.39, 0.29) is 17.4 Å². The molecule has 3 heteroatoms. The summed E-state index contributed by atoms with van der Waals surface area (Å²) in [6, 6.07) is 17.1. The Morgan fingerprint density at radius 3 is 2.37 bits per heavy atom. The molecular formula is C35H50N2O. The summed E-state index contributed by atoms with van der Waals surface area (Å²) in [6.45, 7) is 17.1. The van der Waals surface area contributed by atoms with Crippen molar-refractivity contribution < 1.29 is 4.79 Å². The first kappa shape index (κ1) is 30.0. The summed E-state index contributed by atoms with van der Waals surface area (Å²) in [6.07, 6.45) is 8.07. The van der Waals surface area contributed by atoms with Crippen molar-refractivity contribution in [3.63, 3.8) is 0 Å². The lowest BCUT2D eigenvalue weighted by Gasteiger charge is -2.39. The van der Waals surface area contributed by atoms with Crippen LogP contribution < -0.4 is 0 Å². The SMILES string of the molecule is CCCCCc1ccc(C(=O)N(Cc2cccc(C#CC(C)(C)C)c2)C2CCN(CCC(C)C)CC2)cc1. The first-order valence-electron chi connectivity index (χ1n) is 14.9. The van der Waals surface area contributed by atoms with E-state index in [9.17, 15) is 4.79 Å². The molecule has 2 aromatic rings. The van der Waals surface area contributed by atoms with Crippen molar-refractivity contribution in [2.45, 2.75) is 99.1 Å². The third-order valence-electron chi connectivity index (χ3n) is 7.41. The highest BCUT2D eigenvalue weighted by atomic mass is 16.2. The number of likely N-dealkylation sites (tertiary alicyclic amines) is 1. The number of carbonyl (C=O) groups excluding carboxylic acids is 1. The van der Waals surface area contributed by atoms with E-state index in [4.69, 9.17) is 0 Å². The predicted molar refractivity (Wildman–Crippen MR) is 161 cm³/mol. The van der Waals surface area contributed by atoms with Gasteiger partial charge in [0.25, 0.3) is 5.91 Å². The van der Waals surface area contributed by atoms with E-state index in [2.05, 4.69) is 99.6 Å². The molecule has 1 aliphatic heterocycles. The van der Waals surface area contributed by atoms with Crippen LogP contribution >= 0.6 is 0 Å². The lowest BCUT2D eigenvalue weighted by atomic mass is 9.97. The largest absolute Gasteiger partial charge is 0.331 e. The first-order valence-corrected chi connectivity index (χ1v) is 14.9. The summed E-state index contributed by atoms with van der Waals surface area (Å²) >= 11 is 0. The molecule has 0 aromatic heterocycles. The van der Waals surface area contributed by atoms with Crippen LogP contribution in [-0.2, 0) is 13.0 Å². The number of amides is 1. The number of unbranched alkanes of at least 4 members (excludes halogenated alkanes) is 2. The first-order chi connectivity index (χ1) is 18.1. The second-order valence-electron chi connectivity index (χ2n) is 12.5. The fourth-order valence-electron chi connectivity index (χ4n) is 5.02. The van der Waals surface area contributed by atoms with Crippen LogP contribution in [0.3, 0.4) is 0 Å². The van der Waals surface area contributed by atoms with Crippen LogP contribution in [0.15, 0.2) is 48.5 Å². The van der Waals surface area contributed by atoms with Gasteiger partial charge in [-0.05, 0) is 101 Å². The minimum absolute atomic E-state index is 0.0375. The van der Waals surface area contributed by atoms with Gasteiger partial charge >= 0.3 is 0 Å². The Morgan fingerprint density at radius 2 is 1.74 bits per heavy atom. The van der Waals surface area contributed by atoms with E-state index in [0.717, 1.165) is 61.5 Å². The third kappa shape index (κ3) is 9.95. The average Bonchev–Trinajstić information content (AvgIpc) is 2.90. The summed E-state index contributed by atoms with van der Waals surface area (Å²) < 4.78 is 0. The zero-order valence-electron chi connectivity index (χ0n) is 24.9. The van der Waals surface area contributed by atoms with Crippen LogP contribution in [0.4, 0.5) is 0 Å². The summed E-state index contributed by atoms with van der Waals surface area (Å²) in [4.78, 5) is 18.7. The Labute approximate surface area is 233 Å². The van der Waals surface area contributed by atoms with Crippen LogP contribution in [0.5, 0.6) is 0 Å². The summed E-state index contributed by atoms with van der Waals surface area (Å²) in [7, 11) is 0. The molecule has 0 unspecified atom stereocenters. The second-order valence-corrected chi connectivity index (χ2v) is 12.5. The fourth-order valence-corrected chi connectivity index (χ4v) is 5.02. The van der Waals surface area contributed by atoms with E-state index in [1.54, 1.807) is 0 Å². The number of carbonyl (C=O) groups is 1. The Morgan fingerprint density at radius 1 is 1.03 bits per heavy atom. The molecule has 0 saturated carbocycles. The summed E-state index contributed by atoms with van der Waals surface area (Å²) in [5, 5.41) is 0. The number of benzene rings is 2. The topological polar surface area (TPSA) is 23.6 Å². The quantitative estimate of drug-likeness (QED) is 0.224. The Balaban J connectivity index is 1.78. The molecule has 0 aliphatic carbocycles. The van der Waals surface area contributed by atoms with E-state index in [1.807, 2.05) is 12.1 Å². The van der Waals surface area contributed by atoms with Crippen molar-refractivity contribution in [3.05, 3.63) is 70.8 Å². The number of aryl methyl sites for hydroxylation is 1. The minimum atomic E-state index is -0.0375. The van der Waals surface area contributed by atoms with E-state index in [0.29, 0.717) is 6.54 Å². The number of hydrogen-bond acceptors (Lipinski definition) is 2.